The van der Waals surface area contributed by atoms with Crippen molar-refractivity contribution >= 4 is 33.1 Å². The SMILES string of the molecule is NC(=S)C1CCCN(Cc2ccc(Br)cc2F)C1. The molecule has 0 aliphatic carbocycles. The fourth-order valence-corrected chi connectivity index (χ4v) is 2.85. The molecule has 2 rings (SSSR count). The molecule has 1 aliphatic rings. The standard InChI is InChI=1S/C13H16BrFN2S/c14-11-4-3-9(12(15)6-11)7-17-5-1-2-10(8-17)13(16)18/h3-4,6,10H,1-2,5,7-8H2,(H2,16,18). The highest BCUT2D eigenvalue weighted by Crippen LogP contribution is 2.21. The van der Waals surface area contributed by atoms with E-state index in [9.17, 15) is 4.39 Å². The zero-order valence-electron chi connectivity index (χ0n) is 10.0. The van der Waals surface area contributed by atoms with E-state index >= 15 is 0 Å². The van der Waals surface area contributed by atoms with Gasteiger partial charge in [-0.1, -0.05) is 34.2 Å². The van der Waals surface area contributed by atoms with Crippen LogP contribution in [0.2, 0.25) is 0 Å². The molecule has 1 heterocycles. The number of piperidine rings is 1. The molecular weight excluding hydrogens is 315 g/mol. The summed E-state index contributed by atoms with van der Waals surface area (Å²) in [5.74, 6) is 0.106. The van der Waals surface area contributed by atoms with Gasteiger partial charge in [-0.25, -0.2) is 4.39 Å². The molecule has 1 aromatic rings. The Morgan fingerprint density at radius 1 is 1.56 bits per heavy atom. The Kier molecular flexibility index (Phi) is 4.70. The van der Waals surface area contributed by atoms with E-state index < -0.39 is 0 Å². The van der Waals surface area contributed by atoms with E-state index in [2.05, 4.69) is 20.8 Å². The van der Waals surface area contributed by atoms with Crippen molar-refractivity contribution in [2.75, 3.05) is 13.1 Å². The summed E-state index contributed by atoms with van der Waals surface area (Å²) in [6, 6.07) is 5.20. The van der Waals surface area contributed by atoms with Gasteiger partial charge in [0.15, 0.2) is 0 Å². The number of likely N-dealkylation sites (tertiary alicyclic amines) is 1. The average molecular weight is 331 g/mol. The van der Waals surface area contributed by atoms with Crippen LogP contribution in [0.3, 0.4) is 0 Å². The van der Waals surface area contributed by atoms with Gasteiger partial charge in [-0.3, -0.25) is 4.90 Å². The van der Waals surface area contributed by atoms with Gasteiger partial charge in [0.25, 0.3) is 0 Å². The summed E-state index contributed by atoms with van der Waals surface area (Å²) >= 11 is 8.31. The molecule has 0 amide bonds. The number of hydrogen-bond acceptors (Lipinski definition) is 2. The van der Waals surface area contributed by atoms with Crippen molar-refractivity contribution in [3.63, 3.8) is 0 Å². The number of hydrogen-bond donors (Lipinski definition) is 1. The molecule has 1 unspecified atom stereocenters. The monoisotopic (exact) mass is 330 g/mol. The smallest absolute Gasteiger partial charge is 0.128 e. The second-order valence-electron chi connectivity index (χ2n) is 4.71. The summed E-state index contributed by atoms with van der Waals surface area (Å²) in [7, 11) is 0. The minimum absolute atomic E-state index is 0.165. The lowest BCUT2D eigenvalue weighted by Crippen LogP contribution is -2.40. The van der Waals surface area contributed by atoms with Gasteiger partial charge >= 0.3 is 0 Å². The Hall–Kier alpha value is -0.520. The van der Waals surface area contributed by atoms with Crippen LogP contribution < -0.4 is 5.73 Å². The van der Waals surface area contributed by atoms with Crippen LogP contribution in [-0.2, 0) is 6.54 Å². The molecule has 0 bridgehead atoms. The van der Waals surface area contributed by atoms with E-state index in [1.54, 1.807) is 0 Å². The minimum atomic E-state index is -0.165. The summed E-state index contributed by atoms with van der Waals surface area (Å²) < 4.78 is 14.5. The number of thiocarbonyl (C=S) groups is 1. The molecule has 1 saturated heterocycles. The van der Waals surface area contributed by atoms with Crippen molar-refractivity contribution in [1.29, 1.82) is 0 Å². The lowest BCUT2D eigenvalue weighted by molar-refractivity contribution is 0.195. The van der Waals surface area contributed by atoms with Crippen molar-refractivity contribution in [3.8, 4) is 0 Å². The molecule has 2 N–H and O–H groups in total. The Morgan fingerprint density at radius 3 is 3.00 bits per heavy atom. The summed E-state index contributed by atoms with van der Waals surface area (Å²) in [4.78, 5) is 2.80. The van der Waals surface area contributed by atoms with Crippen LogP contribution in [0, 0.1) is 11.7 Å². The van der Waals surface area contributed by atoms with Gasteiger partial charge in [0.1, 0.15) is 5.82 Å². The number of benzene rings is 1. The summed E-state index contributed by atoms with van der Waals surface area (Å²) in [5, 5.41) is 0. The molecule has 1 aromatic carbocycles. The molecule has 2 nitrogen and oxygen atoms in total. The molecule has 0 saturated carbocycles. The maximum atomic E-state index is 13.8. The first kappa shape index (κ1) is 13.9. The van der Waals surface area contributed by atoms with Gasteiger partial charge in [0.05, 0.1) is 4.99 Å². The van der Waals surface area contributed by atoms with Gasteiger partial charge in [0.2, 0.25) is 0 Å². The van der Waals surface area contributed by atoms with Crippen molar-refractivity contribution < 1.29 is 4.39 Å². The van der Waals surface area contributed by atoms with Gasteiger partial charge in [0, 0.05) is 29.0 Å². The first-order valence-corrected chi connectivity index (χ1v) is 7.22. The van der Waals surface area contributed by atoms with E-state index in [-0.39, 0.29) is 11.7 Å². The minimum Gasteiger partial charge on any atom is -0.393 e. The Morgan fingerprint density at radius 2 is 2.33 bits per heavy atom. The third-order valence-electron chi connectivity index (χ3n) is 3.32. The number of nitrogens with two attached hydrogens (primary N) is 1. The summed E-state index contributed by atoms with van der Waals surface area (Å²) in [6.45, 7) is 2.44. The quantitative estimate of drug-likeness (QED) is 0.863. The van der Waals surface area contributed by atoms with E-state index in [4.69, 9.17) is 18.0 Å². The van der Waals surface area contributed by atoms with E-state index in [0.717, 1.165) is 36.0 Å². The molecule has 98 valence electrons. The van der Waals surface area contributed by atoms with Crippen molar-refractivity contribution in [2.45, 2.75) is 19.4 Å². The first-order valence-electron chi connectivity index (χ1n) is 6.02. The predicted octanol–water partition coefficient (Wildman–Crippen LogP) is 3.09. The number of halogens is 2. The predicted molar refractivity (Wildman–Crippen MR) is 78.9 cm³/mol. The van der Waals surface area contributed by atoms with Crippen LogP contribution in [0.25, 0.3) is 0 Å². The Balaban J connectivity index is 2.02. The third kappa shape index (κ3) is 3.49. The molecule has 18 heavy (non-hydrogen) atoms. The lowest BCUT2D eigenvalue weighted by atomic mass is 9.97. The van der Waals surface area contributed by atoms with Crippen molar-refractivity contribution in [1.82, 2.24) is 4.90 Å². The van der Waals surface area contributed by atoms with Crippen molar-refractivity contribution in [2.24, 2.45) is 11.7 Å². The molecule has 5 heteroatoms. The lowest BCUT2D eigenvalue weighted by Gasteiger charge is -2.32. The Bertz CT molecular complexity index is 453. The molecule has 0 spiro atoms. The highest BCUT2D eigenvalue weighted by molar-refractivity contribution is 9.10. The molecule has 1 fully saturated rings. The zero-order chi connectivity index (χ0) is 13.1. The summed E-state index contributed by atoms with van der Waals surface area (Å²) in [5.41, 5.74) is 6.42. The highest BCUT2D eigenvalue weighted by atomic mass is 79.9. The Labute approximate surface area is 120 Å². The number of rotatable bonds is 3. The topological polar surface area (TPSA) is 29.3 Å². The third-order valence-corrected chi connectivity index (χ3v) is 4.14. The fourth-order valence-electron chi connectivity index (χ4n) is 2.32. The van der Waals surface area contributed by atoms with E-state index in [1.165, 1.54) is 6.07 Å². The van der Waals surface area contributed by atoms with Gasteiger partial charge < -0.3 is 5.73 Å². The van der Waals surface area contributed by atoms with Crippen LogP contribution in [0.1, 0.15) is 18.4 Å². The van der Waals surface area contributed by atoms with Crippen LogP contribution in [0.5, 0.6) is 0 Å². The van der Waals surface area contributed by atoms with Crippen LogP contribution in [0.15, 0.2) is 22.7 Å². The molecule has 1 atom stereocenters. The van der Waals surface area contributed by atoms with Crippen molar-refractivity contribution in [3.05, 3.63) is 34.1 Å². The maximum Gasteiger partial charge on any atom is 0.128 e. The molecular formula is C13H16BrFN2S. The fraction of sp³-hybridized carbons (Fsp3) is 0.462. The molecule has 0 aromatic heterocycles. The largest absolute Gasteiger partial charge is 0.393 e. The maximum absolute atomic E-state index is 13.8. The number of nitrogens with zero attached hydrogens (tertiary/aromatic N) is 1. The second-order valence-corrected chi connectivity index (χ2v) is 6.10. The van der Waals surface area contributed by atoms with E-state index in [0.29, 0.717) is 11.5 Å². The van der Waals surface area contributed by atoms with Crippen LogP contribution in [-0.4, -0.2) is 23.0 Å². The summed E-state index contributed by atoms with van der Waals surface area (Å²) in [6.07, 6.45) is 2.12. The molecule has 0 radical (unpaired) electrons. The normalized spacial score (nSPS) is 20.9. The van der Waals surface area contributed by atoms with E-state index in [1.807, 2.05) is 12.1 Å². The highest BCUT2D eigenvalue weighted by Gasteiger charge is 2.22. The molecule has 1 aliphatic heterocycles. The first-order chi connectivity index (χ1) is 8.56. The zero-order valence-corrected chi connectivity index (χ0v) is 12.4. The second kappa shape index (κ2) is 6.08. The van der Waals surface area contributed by atoms with Crippen LogP contribution in [0.4, 0.5) is 4.39 Å². The van der Waals surface area contributed by atoms with Gasteiger partial charge in [-0.2, -0.15) is 0 Å². The van der Waals surface area contributed by atoms with Crippen LogP contribution >= 0.6 is 28.1 Å². The average Bonchev–Trinajstić information content (AvgIpc) is 2.33. The van der Waals surface area contributed by atoms with Gasteiger partial charge in [-0.15, -0.1) is 0 Å². The van der Waals surface area contributed by atoms with Gasteiger partial charge in [-0.05, 0) is 31.5 Å².